The molecule has 76 valence electrons. The summed E-state index contributed by atoms with van der Waals surface area (Å²) in [5.41, 5.74) is -1.39. The second-order valence-electron chi connectivity index (χ2n) is 2.36. The number of pyridine rings is 1. The summed E-state index contributed by atoms with van der Waals surface area (Å²) in [6, 6.07) is 0.707. The number of halogens is 3. The molecule has 0 unspecified atom stereocenters. The van der Waals surface area contributed by atoms with Crippen molar-refractivity contribution in [2.24, 2.45) is 0 Å². The van der Waals surface area contributed by atoms with E-state index in [1.165, 1.54) is 0 Å². The minimum Gasteiger partial charge on any atom is -0.495 e. The van der Waals surface area contributed by atoms with Crippen molar-refractivity contribution in [3.05, 3.63) is 23.3 Å². The van der Waals surface area contributed by atoms with Crippen LogP contribution < -0.4 is 4.74 Å². The number of nitrogens with zero attached hydrogens (tertiary/aromatic N) is 1. The van der Waals surface area contributed by atoms with Gasteiger partial charge in [0.2, 0.25) is 0 Å². The molecule has 0 bridgehead atoms. The Kier molecular flexibility index (Phi) is 3.06. The van der Waals surface area contributed by atoms with Crippen molar-refractivity contribution < 1.29 is 22.7 Å². The van der Waals surface area contributed by atoms with Crippen LogP contribution in [0.4, 0.5) is 13.2 Å². The fraction of sp³-hybridized carbons (Fsp3) is 0.250. The summed E-state index contributed by atoms with van der Waals surface area (Å²) in [5, 5.41) is 0. The molecular formula is C8H6F3NO2. The van der Waals surface area contributed by atoms with E-state index < -0.39 is 23.6 Å². The number of carbonyl (C=O) groups is 1. The van der Waals surface area contributed by atoms with E-state index in [0.29, 0.717) is 6.07 Å². The third-order valence-electron chi connectivity index (χ3n) is 1.53. The fourth-order valence-corrected chi connectivity index (χ4v) is 0.904. The first-order chi connectivity index (χ1) is 6.60. The summed E-state index contributed by atoms with van der Waals surface area (Å²) in [5.74, 6) is -1.36. The molecule has 0 aliphatic rings. The van der Waals surface area contributed by atoms with E-state index in [2.05, 4.69) is 9.72 Å². The van der Waals surface area contributed by atoms with Crippen molar-refractivity contribution in [2.75, 3.05) is 7.11 Å². The molecule has 0 spiro atoms. The molecule has 0 N–H and O–H groups in total. The quantitative estimate of drug-likeness (QED) is 0.708. The number of alkyl halides is 2. The van der Waals surface area contributed by atoms with Crippen LogP contribution in [-0.2, 0) is 0 Å². The van der Waals surface area contributed by atoms with E-state index in [1.54, 1.807) is 0 Å². The zero-order valence-corrected chi connectivity index (χ0v) is 7.13. The first-order valence-electron chi connectivity index (χ1n) is 3.58. The molecule has 14 heavy (non-hydrogen) atoms. The molecular weight excluding hydrogens is 199 g/mol. The fourth-order valence-electron chi connectivity index (χ4n) is 0.904. The Morgan fingerprint density at radius 2 is 2.21 bits per heavy atom. The number of hydrogen-bond acceptors (Lipinski definition) is 3. The van der Waals surface area contributed by atoms with Crippen molar-refractivity contribution in [1.29, 1.82) is 0 Å². The van der Waals surface area contributed by atoms with Crippen LogP contribution in [0.3, 0.4) is 0 Å². The lowest BCUT2D eigenvalue weighted by Crippen LogP contribution is -2.02. The van der Waals surface area contributed by atoms with Crippen LogP contribution in [0.2, 0.25) is 0 Å². The molecule has 0 atom stereocenters. The van der Waals surface area contributed by atoms with Crippen LogP contribution in [-0.4, -0.2) is 18.4 Å². The van der Waals surface area contributed by atoms with Gasteiger partial charge in [-0.2, -0.15) is 0 Å². The Morgan fingerprint density at radius 1 is 1.57 bits per heavy atom. The van der Waals surface area contributed by atoms with Gasteiger partial charge in [-0.15, -0.1) is 0 Å². The zero-order valence-electron chi connectivity index (χ0n) is 7.13. The lowest BCUT2D eigenvalue weighted by molar-refractivity contribution is 0.111. The normalized spacial score (nSPS) is 10.4. The molecule has 1 rings (SSSR count). The minimum absolute atomic E-state index is 0.0701. The molecule has 3 nitrogen and oxygen atoms in total. The van der Waals surface area contributed by atoms with E-state index >= 15 is 0 Å². The third kappa shape index (κ3) is 1.84. The van der Waals surface area contributed by atoms with Crippen molar-refractivity contribution in [1.82, 2.24) is 4.98 Å². The van der Waals surface area contributed by atoms with Gasteiger partial charge in [0.05, 0.1) is 7.11 Å². The molecule has 1 heterocycles. The first kappa shape index (κ1) is 10.5. The highest BCUT2D eigenvalue weighted by Crippen LogP contribution is 2.27. The van der Waals surface area contributed by atoms with E-state index in [9.17, 15) is 18.0 Å². The van der Waals surface area contributed by atoms with Crippen LogP contribution in [0.25, 0.3) is 0 Å². The van der Waals surface area contributed by atoms with Crippen LogP contribution in [0.1, 0.15) is 22.6 Å². The van der Waals surface area contributed by atoms with Crippen molar-refractivity contribution >= 4 is 6.29 Å². The average Bonchev–Trinajstić information content (AvgIpc) is 2.16. The summed E-state index contributed by atoms with van der Waals surface area (Å²) >= 11 is 0. The predicted octanol–water partition coefficient (Wildman–Crippen LogP) is 1.98. The molecule has 0 aliphatic carbocycles. The van der Waals surface area contributed by atoms with Gasteiger partial charge in [0.1, 0.15) is 17.1 Å². The molecule has 1 aromatic rings. The summed E-state index contributed by atoms with van der Waals surface area (Å²) in [6.07, 6.45) is -2.84. The average molecular weight is 205 g/mol. The molecule has 1 aromatic heterocycles. The Bertz CT molecular complexity index is 355. The maximum atomic E-state index is 12.9. The Morgan fingerprint density at radius 3 is 2.64 bits per heavy atom. The molecule has 0 fully saturated rings. The maximum Gasteiger partial charge on any atom is 0.284 e. The number of hydrogen-bond donors (Lipinski definition) is 0. The SMILES string of the molecule is COc1cc(F)c(C=O)nc1C(F)F. The molecule has 0 radical (unpaired) electrons. The summed E-state index contributed by atoms with van der Waals surface area (Å²) in [6.45, 7) is 0. The number of rotatable bonds is 3. The largest absolute Gasteiger partial charge is 0.495 e. The van der Waals surface area contributed by atoms with Crippen molar-refractivity contribution in [3.8, 4) is 5.75 Å². The van der Waals surface area contributed by atoms with Gasteiger partial charge in [-0.3, -0.25) is 4.79 Å². The van der Waals surface area contributed by atoms with E-state index in [0.717, 1.165) is 7.11 Å². The van der Waals surface area contributed by atoms with Gasteiger partial charge in [0.25, 0.3) is 6.43 Å². The van der Waals surface area contributed by atoms with Gasteiger partial charge in [-0.05, 0) is 0 Å². The standard InChI is InChI=1S/C8H6F3NO2/c1-14-6-2-4(9)5(3-13)12-7(6)8(10)11/h2-3,8H,1H3. The first-order valence-corrected chi connectivity index (χ1v) is 3.58. The number of ether oxygens (including phenoxy) is 1. The topological polar surface area (TPSA) is 39.2 Å². The van der Waals surface area contributed by atoms with E-state index in [-0.39, 0.29) is 12.0 Å². The van der Waals surface area contributed by atoms with Crippen molar-refractivity contribution in [3.63, 3.8) is 0 Å². The monoisotopic (exact) mass is 205 g/mol. The van der Waals surface area contributed by atoms with Crippen LogP contribution >= 0.6 is 0 Å². The Balaban J connectivity index is 3.32. The van der Waals surface area contributed by atoms with Gasteiger partial charge >= 0.3 is 0 Å². The van der Waals surface area contributed by atoms with Crippen molar-refractivity contribution in [2.45, 2.75) is 6.43 Å². The lowest BCUT2D eigenvalue weighted by Gasteiger charge is -2.07. The maximum absolute atomic E-state index is 12.9. The molecule has 0 aliphatic heterocycles. The third-order valence-corrected chi connectivity index (χ3v) is 1.53. The smallest absolute Gasteiger partial charge is 0.284 e. The van der Waals surface area contributed by atoms with E-state index in [1.807, 2.05) is 0 Å². The van der Waals surface area contributed by atoms with Gasteiger partial charge in [-0.1, -0.05) is 0 Å². The number of methoxy groups -OCH3 is 1. The predicted molar refractivity (Wildman–Crippen MR) is 41.1 cm³/mol. The van der Waals surface area contributed by atoms with Crippen LogP contribution in [0.5, 0.6) is 5.75 Å². The summed E-state index contributed by atoms with van der Waals surface area (Å²) < 4.78 is 41.9. The highest BCUT2D eigenvalue weighted by Gasteiger charge is 2.19. The Hall–Kier alpha value is -1.59. The van der Waals surface area contributed by atoms with E-state index in [4.69, 9.17) is 0 Å². The summed E-state index contributed by atoms with van der Waals surface area (Å²) in [4.78, 5) is 13.4. The van der Waals surface area contributed by atoms with Gasteiger partial charge < -0.3 is 4.74 Å². The highest BCUT2D eigenvalue weighted by atomic mass is 19.3. The van der Waals surface area contributed by atoms with Crippen LogP contribution in [0, 0.1) is 5.82 Å². The zero-order chi connectivity index (χ0) is 10.7. The molecule has 0 saturated heterocycles. The number of carbonyl (C=O) groups excluding carboxylic acids is 1. The number of aromatic nitrogens is 1. The lowest BCUT2D eigenvalue weighted by atomic mass is 10.2. The van der Waals surface area contributed by atoms with Gasteiger partial charge in [0.15, 0.2) is 12.1 Å². The second kappa shape index (κ2) is 4.08. The van der Waals surface area contributed by atoms with Gasteiger partial charge in [0, 0.05) is 6.07 Å². The highest BCUT2D eigenvalue weighted by molar-refractivity contribution is 5.72. The molecule has 0 aromatic carbocycles. The van der Waals surface area contributed by atoms with Gasteiger partial charge in [-0.25, -0.2) is 18.2 Å². The molecule has 0 saturated carbocycles. The summed E-state index contributed by atoms with van der Waals surface area (Å²) in [7, 11) is 1.11. The Labute approximate surface area is 77.5 Å². The second-order valence-corrected chi connectivity index (χ2v) is 2.36. The number of aldehydes is 1. The molecule has 6 heteroatoms. The van der Waals surface area contributed by atoms with Crippen LogP contribution in [0.15, 0.2) is 6.07 Å². The minimum atomic E-state index is -2.91. The molecule has 0 amide bonds.